The van der Waals surface area contributed by atoms with Gasteiger partial charge in [0.25, 0.3) is 11.8 Å². The number of thioether (sulfide) groups is 1. The van der Waals surface area contributed by atoms with Gasteiger partial charge < -0.3 is 20.3 Å². The number of allylic oxidation sites excluding steroid dienone is 1. The Hall–Kier alpha value is -3.56. The largest absolute Gasteiger partial charge is 0.497 e. The molecule has 0 saturated carbocycles. The Morgan fingerprint density at radius 2 is 1.58 bits per heavy atom. The molecule has 1 unspecified atom stereocenters. The molecule has 3 aromatic carbocycles. The maximum atomic E-state index is 13.6. The van der Waals surface area contributed by atoms with Crippen LogP contribution in [0.25, 0.3) is 0 Å². The molecule has 7 nitrogen and oxygen atoms in total. The summed E-state index contributed by atoms with van der Waals surface area (Å²) in [6.45, 7) is 2.70. The molecule has 0 radical (unpaired) electrons. The lowest BCUT2D eigenvalue weighted by Gasteiger charge is -2.41. The summed E-state index contributed by atoms with van der Waals surface area (Å²) in [4.78, 5) is 33.3. The number of ether oxygens (including phenoxy) is 1. The van der Waals surface area contributed by atoms with Gasteiger partial charge in [-0.1, -0.05) is 39.8 Å². The number of fused-ring (bicyclic) bond motifs is 1. The summed E-state index contributed by atoms with van der Waals surface area (Å²) in [5.41, 5.74) is 4.22. The molecule has 5 rings (SSSR count). The SMILES string of the molecule is COc1ccc(NC(=O)C2=C(C)N=C3SCCCN3C2c2ccc(NC(=O)c3ccc(Br)cc3)cc2)cc1. The van der Waals surface area contributed by atoms with Crippen LogP contribution in [0.4, 0.5) is 11.4 Å². The average Bonchev–Trinajstić information content (AvgIpc) is 2.93. The van der Waals surface area contributed by atoms with Gasteiger partial charge in [0.2, 0.25) is 0 Å². The number of carbonyl (C=O) groups excluding carboxylic acids is 2. The molecule has 2 heterocycles. The number of hydrogen-bond acceptors (Lipinski definition) is 6. The Kier molecular flexibility index (Phi) is 7.85. The topological polar surface area (TPSA) is 83.0 Å². The van der Waals surface area contributed by atoms with Crippen LogP contribution in [-0.4, -0.2) is 41.3 Å². The zero-order valence-electron chi connectivity index (χ0n) is 21.0. The minimum atomic E-state index is -0.287. The van der Waals surface area contributed by atoms with Crippen LogP contribution in [-0.2, 0) is 4.79 Å². The fraction of sp³-hybridized carbons (Fsp3) is 0.207. The smallest absolute Gasteiger partial charge is 0.255 e. The van der Waals surface area contributed by atoms with Crippen molar-refractivity contribution in [1.29, 1.82) is 0 Å². The van der Waals surface area contributed by atoms with Gasteiger partial charge in [0.15, 0.2) is 5.17 Å². The van der Waals surface area contributed by atoms with Crippen molar-refractivity contribution in [2.75, 3.05) is 30.0 Å². The van der Waals surface area contributed by atoms with Gasteiger partial charge in [0.05, 0.1) is 24.4 Å². The summed E-state index contributed by atoms with van der Waals surface area (Å²) >= 11 is 5.11. The molecule has 1 fully saturated rings. The molecule has 2 aliphatic rings. The molecule has 194 valence electrons. The number of aliphatic imine (C=N–C) groups is 1. The number of amides is 2. The van der Waals surface area contributed by atoms with E-state index in [4.69, 9.17) is 9.73 Å². The van der Waals surface area contributed by atoms with Gasteiger partial charge in [-0.25, -0.2) is 4.99 Å². The van der Waals surface area contributed by atoms with Gasteiger partial charge in [-0.2, -0.15) is 0 Å². The van der Waals surface area contributed by atoms with E-state index in [1.807, 2.05) is 67.6 Å². The number of benzene rings is 3. The Morgan fingerprint density at radius 3 is 2.24 bits per heavy atom. The lowest BCUT2D eigenvalue weighted by Crippen LogP contribution is -2.43. The summed E-state index contributed by atoms with van der Waals surface area (Å²) in [6, 6.07) is 21.9. The minimum absolute atomic E-state index is 0.180. The summed E-state index contributed by atoms with van der Waals surface area (Å²) in [5.74, 6) is 1.36. The number of halogens is 1. The van der Waals surface area contributed by atoms with Crippen LogP contribution in [0.1, 0.15) is 35.3 Å². The van der Waals surface area contributed by atoms with Crippen LogP contribution in [0.2, 0.25) is 0 Å². The monoisotopic (exact) mass is 590 g/mol. The number of anilines is 2. The Balaban J connectivity index is 1.41. The van der Waals surface area contributed by atoms with Gasteiger partial charge in [-0.15, -0.1) is 0 Å². The van der Waals surface area contributed by atoms with E-state index in [1.54, 1.807) is 31.0 Å². The predicted molar refractivity (Wildman–Crippen MR) is 157 cm³/mol. The van der Waals surface area contributed by atoms with E-state index in [9.17, 15) is 9.59 Å². The molecule has 0 aliphatic carbocycles. The lowest BCUT2D eigenvalue weighted by atomic mass is 9.93. The van der Waals surface area contributed by atoms with Crippen LogP contribution in [0.5, 0.6) is 5.75 Å². The standard InChI is InChI=1S/C29H27BrN4O3S/c1-18-25(28(36)33-23-12-14-24(37-2)15-13-23)26(34-16-3-17-38-29(34)31-18)19-6-10-22(11-7-19)32-27(35)20-4-8-21(30)9-5-20/h4-15,26H,3,16-17H2,1-2H3,(H,32,35)(H,33,36). The normalized spacial score (nSPS) is 16.9. The second-order valence-electron chi connectivity index (χ2n) is 8.96. The first-order chi connectivity index (χ1) is 18.4. The molecule has 2 amide bonds. The highest BCUT2D eigenvalue weighted by Crippen LogP contribution is 2.40. The van der Waals surface area contributed by atoms with Crippen LogP contribution in [0.3, 0.4) is 0 Å². The van der Waals surface area contributed by atoms with E-state index >= 15 is 0 Å². The van der Waals surface area contributed by atoms with Crippen molar-refractivity contribution in [3.63, 3.8) is 0 Å². The van der Waals surface area contributed by atoms with Gasteiger partial charge in [0.1, 0.15) is 5.75 Å². The first-order valence-corrected chi connectivity index (χ1v) is 14.0. The van der Waals surface area contributed by atoms with E-state index in [0.29, 0.717) is 28.2 Å². The predicted octanol–water partition coefficient (Wildman–Crippen LogP) is 6.47. The average molecular weight is 592 g/mol. The molecule has 0 aromatic heterocycles. The quantitative estimate of drug-likeness (QED) is 0.343. The van der Waals surface area contributed by atoms with E-state index in [0.717, 1.165) is 39.7 Å². The second-order valence-corrected chi connectivity index (χ2v) is 10.9. The minimum Gasteiger partial charge on any atom is -0.497 e. The second kappa shape index (κ2) is 11.4. The maximum Gasteiger partial charge on any atom is 0.255 e. The van der Waals surface area contributed by atoms with E-state index in [2.05, 4.69) is 31.5 Å². The number of amidine groups is 1. The molecule has 0 bridgehead atoms. The number of hydrogen-bond donors (Lipinski definition) is 2. The molecule has 3 aromatic rings. The summed E-state index contributed by atoms with van der Waals surface area (Å²) in [7, 11) is 1.61. The summed E-state index contributed by atoms with van der Waals surface area (Å²) < 4.78 is 6.14. The van der Waals surface area contributed by atoms with Crippen LogP contribution < -0.4 is 15.4 Å². The zero-order valence-corrected chi connectivity index (χ0v) is 23.4. The third-order valence-corrected chi connectivity index (χ3v) is 8.05. The number of nitrogens with zero attached hydrogens (tertiary/aromatic N) is 2. The third kappa shape index (κ3) is 5.63. The molecule has 0 spiro atoms. The molecule has 1 saturated heterocycles. The molecular formula is C29H27BrN4O3S. The molecule has 9 heteroatoms. The van der Waals surface area contributed by atoms with Gasteiger partial charge in [-0.3, -0.25) is 9.59 Å². The number of nitrogens with one attached hydrogen (secondary N) is 2. The number of methoxy groups -OCH3 is 1. The van der Waals surface area contributed by atoms with Crippen molar-refractivity contribution in [3.8, 4) is 5.75 Å². The molecule has 2 aliphatic heterocycles. The lowest BCUT2D eigenvalue weighted by molar-refractivity contribution is -0.113. The van der Waals surface area contributed by atoms with Gasteiger partial charge in [0, 0.05) is 33.7 Å². The summed E-state index contributed by atoms with van der Waals surface area (Å²) in [5, 5.41) is 6.92. The van der Waals surface area contributed by atoms with Crippen LogP contribution >= 0.6 is 27.7 Å². The van der Waals surface area contributed by atoms with Crippen molar-refractivity contribution in [3.05, 3.63) is 99.7 Å². The highest BCUT2D eigenvalue weighted by Gasteiger charge is 2.37. The number of rotatable bonds is 6. The molecule has 1 atom stereocenters. The van der Waals surface area contributed by atoms with E-state index < -0.39 is 0 Å². The Morgan fingerprint density at radius 1 is 0.947 bits per heavy atom. The van der Waals surface area contributed by atoms with Crippen molar-refractivity contribution in [2.24, 2.45) is 4.99 Å². The first kappa shape index (κ1) is 26.1. The zero-order chi connectivity index (χ0) is 26.6. The Labute approximate surface area is 234 Å². The Bertz CT molecular complexity index is 1400. The summed E-state index contributed by atoms with van der Waals surface area (Å²) in [6.07, 6.45) is 1.01. The molecule has 2 N–H and O–H groups in total. The molecule has 38 heavy (non-hydrogen) atoms. The van der Waals surface area contributed by atoms with Gasteiger partial charge >= 0.3 is 0 Å². The fourth-order valence-electron chi connectivity index (χ4n) is 4.53. The fourth-order valence-corrected chi connectivity index (χ4v) is 5.82. The van der Waals surface area contributed by atoms with Crippen molar-refractivity contribution in [2.45, 2.75) is 19.4 Å². The van der Waals surface area contributed by atoms with Crippen molar-refractivity contribution < 1.29 is 14.3 Å². The van der Waals surface area contributed by atoms with Crippen molar-refractivity contribution >= 4 is 56.0 Å². The first-order valence-electron chi connectivity index (χ1n) is 12.2. The van der Waals surface area contributed by atoms with E-state index in [1.165, 1.54) is 0 Å². The highest BCUT2D eigenvalue weighted by molar-refractivity contribution is 9.10. The highest BCUT2D eigenvalue weighted by atomic mass is 79.9. The number of carbonyl (C=O) groups is 2. The van der Waals surface area contributed by atoms with Crippen LogP contribution in [0, 0.1) is 0 Å². The van der Waals surface area contributed by atoms with E-state index in [-0.39, 0.29) is 17.9 Å². The third-order valence-electron chi connectivity index (χ3n) is 6.44. The van der Waals surface area contributed by atoms with Crippen molar-refractivity contribution in [1.82, 2.24) is 4.90 Å². The molecular weight excluding hydrogens is 564 g/mol. The van der Waals surface area contributed by atoms with Gasteiger partial charge in [-0.05, 0) is 79.6 Å². The maximum absolute atomic E-state index is 13.6. The van der Waals surface area contributed by atoms with Crippen LogP contribution in [0.15, 0.2) is 93.5 Å².